The Hall–Kier alpha value is -5.56. The number of phenolic OH excluding ortho intramolecular Hbond substituents is 3. The van der Waals surface area contributed by atoms with Crippen LogP contribution in [-0.2, 0) is 15.1 Å². The smallest absolute Gasteiger partial charge is 0.340 e. The van der Waals surface area contributed by atoms with Gasteiger partial charge in [0.15, 0.2) is 11.7 Å². The van der Waals surface area contributed by atoms with E-state index in [-0.39, 0.29) is 29.3 Å². The largest absolute Gasteiger partial charge is 0.508 e. The Bertz CT molecular complexity index is 1690. The van der Waals surface area contributed by atoms with Crippen LogP contribution in [0.4, 0.5) is 0 Å². The molecular formula is C34H24O7. The molecule has 0 aliphatic carbocycles. The van der Waals surface area contributed by atoms with Crippen LogP contribution in [0.2, 0.25) is 0 Å². The predicted octanol–water partition coefficient (Wildman–Crippen LogP) is 6.21. The molecule has 1 unspecified atom stereocenters. The Kier molecular flexibility index (Phi) is 6.40. The van der Waals surface area contributed by atoms with E-state index >= 15 is 0 Å². The molecular weight excluding hydrogens is 520 g/mol. The number of carbonyl (C=O) groups excluding carboxylic acids is 2. The first-order valence-electron chi connectivity index (χ1n) is 12.9. The molecule has 0 amide bonds. The van der Waals surface area contributed by atoms with Gasteiger partial charge in [-0.15, -0.1) is 0 Å². The molecule has 7 heteroatoms. The lowest BCUT2D eigenvalue weighted by molar-refractivity contribution is 0.0251. The van der Waals surface area contributed by atoms with Gasteiger partial charge in [-0.2, -0.15) is 0 Å². The summed E-state index contributed by atoms with van der Waals surface area (Å²) in [6.45, 7) is 0. The van der Waals surface area contributed by atoms with Crippen LogP contribution >= 0.6 is 0 Å². The van der Waals surface area contributed by atoms with Crippen molar-refractivity contribution in [2.45, 2.75) is 11.7 Å². The zero-order valence-electron chi connectivity index (χ0n) is 21.6. The molecule has 5 aromatic rings. The quantitative estimate of drug-likeness (QED) is 0.231. The molecule has 3 N–H and O–H groups in total. The molecule has 2 heterocycles. The number of cyclic esters (lactones) is 2. The second-order valence-corrected chi connectivity index (χ2v) is 9.67. The van der Waals surface area contributed by atoms with E-state index in [2.05, 4.69) is 0 Å². The second kappa shape index (κ2) is 10.2. The molecule has 0 radical (unpaired) electrons. The molecule has 0 aromatic heterocycles. The van der Waals surface area contributed by atoms with Gasteiger partial charge in [0.25, 0.3) is 0 Å². The van der Waals surface area contributed by atoms with E-state index < -0.39 is 11.6 Å². The van der Waals surface area contributed by atoms with E-state index in [0.717, 1.165) is 27.8 Å². The predicted molar refractivity (Wildman–Crippen MR) is 150 cm³/mol. The van der Waals surface area contributed by atoms with Crippen molar-refractivity contribution in [3.05, 3.63) is 160 Å². The van der Waals surface area contributed by atoms with Gasteiger partial charge in [-0.1, -0.05) is 72.8 Å². The maximum absolute atomic E-state index is 12.4. The molecule has 5 aromatic carbocycles. The first-order chi connectivity index (χ1) is 19.9. The minimum atomic E-state index is -1.10. The van der Waals surface area contributed by atoms with Gasteiger partial charge in [-0.05, 0) is 54.1 Å². The SMILES string of the molecule is O=C1OC(c2ccc(O)cc2)(c2ccc(O)cc2)c2ccccc21.O=C1OC(c2ccc(O)cc2)c2ccccc21. The van der Waals surface area contributed by atoms with Gasteiger partial charge in [0.2, 0.25) is 0 Å². The van der Waals surface area contributed by atoms with Crippen molar-refractivity contribution in [2.75, 3.05) is 0 Å². The summed E-state index contributed by atoms with van der Waals surface area (Å²) in [4.78, 5) is 24.1. The maximum atomic E-state index is 12.4. The number of rotatable bonds is 3. The number of ether oxygens (including phenoxy) is 2. The number of benzene rings is 5. The van der Waals surface area contributed by atoms with Crippen LogP contribution in [0.1, 0.15) is 54.6 Å². The van der Waals surface area contributed by atoms with Crippen molar-refractivity contribution in [1.29, 1.82) is 0 Å². The van der Waals surface area contributed by atoms with Crippen LogP contribution < -0.4 is 0 Å². The molecule has 0 saturated carbocycles. The summed E-state index contributed by atoms with van der Waals surface area (Å²) >= 11 is 0. The van der Waals surface area contributed by atoms with Crippen LogP contribution in [-0.4, -0.2) is 27.3 Å². The molecule has 2 aliphatic heterocycles. The summed E-state index contributed by atoms with van der Waals surface area (Å²) in [7, 11) is 0. The summed E-state index contributed by atoms with van der Waals surface area (Å²) < 4.78 is 11.2. The van der Waals surface area contributed by atoms with Gasteiger partial charge in [0.05, 0.1) is 11.1 Å². The lowest BCUT2D eigenvalue weighted by atomic mass is 9.80. The summed E-state index contributed by atoms with van der Waals surface area (Å²) in [5.41, 5.74) is 3.96. The highest BCUT2D eigenvalue weighted by Crippen LogP contribution is 2.47. The first-order valence-corrected chi connectivity index (χ1v) is 12.9. The Balaban J connectivity index is 0.000000156. The van der Waals surface area contributed by atoms with Crippen molar-refractivity contribution in [3.63, 3.8) is 0 Å². The Labute approximate surface area is 235 Å². The monoisotopic (exact) mass is 544 g/mol. The average Bonchev–Trinajstić information content (AvgIpc) is 3.49. The van der Waals surface area contributed by atoms with E-state index in [4.69, 9.17) is 9.47 Å². The molecule has 7 nitrogen and oxygen atoms in total. The number of fused-ring (bicyclic) bond motifs is 2. The summed E-state index contributed by atoms with van der Waals surface area (Å²) in [6, 6.07) is 34.5. The molecule has 0 bridgehead atoms. The van der Waals surface area contributed by atoms with Crippen molar-refractivity contribution < 1.29 is 34.4 Å². The van der Waals surface area contributed by atoms with Crippen LogP contribution in [0.25, 0.3) is 0 Å². The number of hydrogen-bond donors (Lipinski definition) is 3. The standard InChI is InChI=1S/C20H14O4.C14H10O3/c21-15-9-5-13(6-10-15)20(14-7-11-16(22)12-8-14)18-4-2-1-3-17(18)19(23)24-20;15-10-7-5-9(6-8-10)13-11-3-1-2-4-12(11)14(16)17-13/h1-12,21-22H;1-8,13,15H. The summed E-state index contributed by atoms with van der Waals surface area (Å²) in [5.74, 6) is -0.216. The second-order valence-electron chi connectivity index (χ2n) is 9.67. The fourth-order valence-electron chi connectivity index (χ4n) is 5.25. The maximum Gasteiger partial charge on any atom is 0.340 e. The molecule has 7 rings (SSSR count). The van der Waals surface area contributed by atoms with Gasteiger partial charge in [-0.25, -0.2) is 9.59 Å². The van der Waals surface area contributed by atoms with Gasteiger partial charge in [0, 0.05) is 22.3 Å². The van der Waals surface area contributed by atoms with E-state index in [9.17, 15) is 24.9 Å². The van der Waals surface area contributed by atoms with Gasteiger partial charge < -0.3 is 24.8 Å². The third-order valence-corrected chi connectivity index (χ3v) is 7.20. The van der Waals surface area contributed by atoms with Crippen molar-refractivity contribution in [3.8, 4) is 17.2 Å². The molecule has 202 valence electrons. The molecule has 0 spiro atoms. The number of esters is 2. The number of carbonyl (C=O) groups is 2. The fraction of sp³-hybridized carbons (Fsp3) is 0.0588. The number of phenols is 3. The minimum absolute atomic E-state index is 0.136. The third kappa shape index (κ3) is 4.53. The highest BCUT2D eigenvalue weighted by Gasteiger charge is 2.48. The Morgan fingerprint density at radius 2 is 1.02 bits per heavy atom. The van der Waals surface area contributed by atoms with Crippen molar-refractivity contribution >= 4 is 11.9 Å². The average molecular weight is 545 g/mol. The minimum Gasteiger partial charge on any atom is -0.508 e. The summed E-state index contributed by atoms with van der Waals surface area (Å²) in [5, 5.41) is 28.4. The molecule has 1 atom stereocenters. The number of aromatic hydroxyl groups is 3. The topological polar surface area (TPSA) is 113 Å². The number of hydrogen-bond acceptors (Lipinski definition) is 7. The Morgan fingerprint density at radius 1 is 0.537 bits per heavy atom. The molecule has 2 aliphatic rings. The lowest BCUT2D eigenvalue weighted by Crippen LogP contribution is -2.29. The lowest BCUT2D eigenvalue weighted by Gasteiger charge is -2.30. The molecule has 0 saturated heterocycles. The van der Waals surface area contributed by atoms with E-state index in [1.165, 1.54) is 0 Å². The van der Waals surface area contributed by atoms with Crippen LogP contribution in [0, 0.1) is 0 Å². The van der Waals surface area contributed by atoms with Crippen molar-refractivity contribution in [1.82, 2.24) is 0 Å². The van der Waals surface area contributed by atoms with E-state index in [0.29, 0.717) is 11.1 Å². The summed E-state index contributed by atoms with van der Waals surface area (Å²) in [6.07, 6.45) is -0.362. The van der Waals surface area contributed by atoms with Crippen LogP contribution in [0.5, 0.6) is 17.2 Å². The van der Waals surface area contributed by atoms with Crippen molar-refractivity contribution in [2.24, 2.45) is 0 Å². The fourth-order valence-corrected chi connectivity index (χ4v) is 5.25. The Morgan fingerprint density at radius 3 is 1.61 bits per heavy atom. The molecule has 0 fully saturated rings. The van der Waals surface area contributed by atoms with Crippen LogP contribution in [0.3, 0.4) is 0 Å². The normalized spacial score (nSPS) is 16.0. The zero-order valence-corrected chi connectivity index (χ0v) is 21.6. The first kappa shape index (κ1) is 25.7. The highest BCUT2D eigenvalue weighted by molar-refractivity contribution is 5.96. The molecule has 41 heavy (non-hydrogen) atoms. The third-order valence-electron chi connectivity index (χ3n) is 7.20. The van der Waals surface area contributed by atoms with E-state index in [1.54, 1.807) is 91.0 Å². The van der Waals surface area contributed by atoms with Gasteiger partial charge in [-0.3, -0.25) is 0 Å². The van der Waals surface area contributed by atoms with E-state index in [1.807, 2.05) is 30.3 Å². The zero-order chi connectivity index (χ0) is 28.6. The van der Waals surface area contributed by atoms with Gasteiger partial charge >= 0.3 is 11.9 Å². The van der Waals surface area contributed by atoms with Gasteiger partial charge in [0.1, 0.15) is 17.2 Å². The van der Waals surface area contributed by atoms with Crippen LogP contribution in [0.15, 0.2) is 121 Å². The highest BCUT2D eigenvalue weighted by atomic mass is 16.6.